The molecule has 0 unspecified atom stereocenters. The average molecular weight is 332 g/mol. The average Bonchev–Trinajstić information content (AvgIpc) is 2.61. The van der Waals surface area contributed by atoms with Crippen LogP contribution in [0.5, 0.6) is 0 Å². The number of aromatic nitrogens is 1. The Morgan fingerprint density at radius 2 is 1.79 bits per heavy atom. The molecule has 1 heterocycles. The predicted octanol–water partition coefficient (Wildman–Crippen LogP) is 5.49. The van der Waals surface area contributed by atoms with Crippen molar-refractivity contribution < 1.29 is 0 Å². The number of rotatable bonds is 3. The Morgan fingerprint density at radius 3 is 2.71 bits per heavy atom. The molecule has 1 aromatic heterocycles. The summed E-state index contributed by atoms with van der Waals surface area (Å²) in [5.74, 6) is 0. The van der Waals surface area contributed by atoms with Gasteiger partial charge in [0.2, 0.25) is 0 Å². The van der Waals surface area contributed by atoms with Gasteiger partial charge in [0.15, 0.2) is 0 Å². The molecule has 4 heteroatoms. The third-order valence-corrected chi connectivity index (χ3v) is 4.11. The fourth-order valence-corrected chi connectivity index (χ4v) is 2.85. The van der Waals surface area contributed by atoms with E-state index in [0.29, 0.717) is 5.02 Å². The van der Waals surface area contributed by atoms with Crippen molar-refractivity contribution in [2.45, 2.75) is 0 Å². The molecule has 1 N–H and O–H groups in total. The van der Waals surface area contributed by atoms with E-state index in [0.717, 1.165) is 22.2 Å². The second-order valence-electron chi connectivity index (χ2n) is 5.50. The first kappa shape index (κ1) is 14.7. The van der Waals surface area contributed by atoms with Gasteiger partial charge in [-0.3, -0.25) is 10.4 Å². The van der Waals surface area contributed by atoms with Crippen molar-refractivity contribution in [2.24, 2.45) is 5.10 Å². The molecular weight excluding hydrogens is 318 g/mol. The molecule has 0 spiro atoms. The van der Waals surface area contributed by atoms with E-state index in [9.17, 15) is 0 Å². The molecule has 24 heavy (non-hydrogen) atoms. The fourth-order valence-electron chi connectivity index (χ4n) is 2.68. The zero-order valence-corrected chi connectivity index (χ0v) is 13.5. The normalized spacial score (nSPS) is 11.4. The van der Waals surface area contributed by atoms with Crippen LogP contribution in [0.3, 0.4) is 0 Å². The monoisotopic (exact) mass is 331 g/mol. The second kappa shape index (κ2) is 6.30. The van der Waals surface area contributed by atoms with Crippen LogP contribution in [-0.4, -0.2) is 11.2 Å². The lowest BCUT2D eigenvalue weighted by molar-refractivity contribution is 1.33. The minimum Gasteiger partial charge on any atom is -0.278 e. The number of nitrogens with one attached hydrogen (secondary N) is 1. The predicted molar refractivity (Wildman–Crippen MR) is 102 cm³/mol. The van der Waals surface area contributed by atoms with E-state index in [-0.39, 0.29) is 0 Å². The highest BCUT2D eigenvalue weighted by Crippen LogP contribution is 2.24. The SMILES string of the molecule is Clc1ccc2c(N/N=C\c3ccc4ccccc4c3)ccnc2c1. The van der Waals surface area contributed by atoms with Crippen LogP contribution >= 0.6 is 11.6 Å². The maximum absolute atomic E-state index is 6.01. The lowest BCUT2D eigenvalue weighted by atomic mass is 10.1. The van der Waals surface area contributed by atoms with E-state index in [1.807, 2.05) is 42.6 Å². The Hall–Kier alpha value is -2.91. The van der Waals surface area contributed by atoms with E-state index >= 15 is 0 Å². The topological polar surface area (TPSA) is 37.3 Å². The van der Waals surface area contributed by atoms with Crippen molar-refractivity contribution in [3.8, 4) is 0 Å². The summed E-state index contributed by atoms with van der Waals surface area (Å²) in [7, 11) is 0. The van der Waals surface area contributed by atoms with Crippen molar-refractivity contribution in [3.05, 3.63) is 83.5 Å². The fraction of sp³-hybridized carbons (Fsp3) is 0. The molecule has 0 amide bonds. The second-order valence-corrected chi connectivity index (χ2v) is 5.93. The zero-order chi connectivity index (χ0) is 16.4. The van der Waals surface area contributed by atoms with E-state index in [1.165, 1.54) is 10.8 Å². The van der Waals surface area contributed by atoms with Gasteiger partial charge >= 0.3 is 0 Å². The van der Waals surface area contributed by atoms with Crippen molar-refractivity contribution >= 4 is 45.2 Å². The summed E-state index contributed by atoms with van der Waals surface area (Å²) in [5, 5.41) is 8.43. The highest BCUT2D eigenvalue weighted by Gasteiger charge is 2.01. The third kappa shape index (κ3) is 2.94. The van der Waals surface area contributed by atoms with E-state index < -0.39 is 0 Å². The Bertz CT molecular complexity index is 1060. The molecule has 0 bridgehead atoms. The molecule has 0 radical (unpaired) electrons. The van der Waals surface area contributed by atoms with Crippen LogP contribution in [0.4, 0.5) is 5.69 Å². The van der Waals surface area contributed by atoms with E-state index in [4.69, 9.17) is 11.6 Å². The molecular formula is C20H14ClN3. The number of pyridine rings is 1. The summed E-state index contributed by atoms with van der Waals surface area (Å²) >= 11 is 6.01. The van der Waals surface area contributed by atoms with Gasteiger partial charge in [0.25, 0.3) is 0 Å². The number of benzene rings is 3. The summed E-state index contributed by atoms with van der Waals surface area (Å²) in [4.78, 5) is 4.33. The van der Waals surface area contributed by atoms with Gasteiger partial charge in [0.05, 0.1) is 17.4 Å². The van der Waals surface area contributed by atoms with Crippen LogP contribution in [0.15, 0.2) is 78.0 Å². The number of fused-ring (bicyclic) bond motifs is 2. The standard InChI is InChI=1S/C20H14ClN3/c21-17-7-8-18-19(9-10-22-20(18)12-17)24-23-13-14-5-6-15-3-1-2-4-16(15)11-14/h1-13H,(H,22,24)/b23-13-. The first-order valence-electron chi connectivity index (χ1n) is 7.62. The largest absolute Gasteiger partial charge is 0.278 e. The molecule has 3 nitrogen and oxygen atoms in total. The van der Waals surface area contributed by atoms with Crippen LogP contribution in [-0.2, 0) is 0 Å². The molecule has 0 aliphatic heterocycles. The summed E-state index contributed by atoms with van der Waals surface area (Å²) in [6.45, 7) is 0. The molecule has 0 saturated carbocycles. The van der Waals surface area contributed by atoms with Gasteiger partial charge in [-0.1, -0.05) is 48.0 Å². The number of halogens is 1. The van der Waals surface area contributed by atoms with Crippen LogP contribution in [0.2, 0.25) is 5.02 Å². The molecule has 0 atom stereocenters. The molecule has 0 aliphatic rings. The molecule has 116 valence electrons. The van der Waals surface area contributed by atoms with Gasteiger partial charge in [0, 0.05) is 16.6 Å². The van der Waals surface area contributed by atoms with Gasteiger partial charge in [-0.2, -0.15) is 5.10 Å². The minimum absolute atomic E-state index is 0.673. The summed E-state index contributed by atoms with van der Waals surface area (Å²) < 4.78 is 0. The summed E-state index contributed by atoms with van der Waals surface area (Å²) in [6.07, 6.45) is 3.56. The van der Waals surface area contributed by atoms with Crippen LogP contribution in [0.1, 0.15) is 5.56 Å². The maximum Gasteiger partial charge on any atom is 0.0738 e. The molecule has 3 aromatic carbocycles. The highest BCUT2D eigenvalue weighted by molar-refractivity contribution is 6.31. The minimum atomic E-state index is 0.673. The van der Waals surface area contributed by atoms with Gasteiger partial charge in [-0.25, -0.2) is 0 Å². The van der Waals surface area contributed by atoms with Gasteiger partial charge in [0.1, 0.15) is 0 Å². The Labute approximate surface area is 144 Å². The summed E-state index contributed by atoms with van der Waals surface area (Å²) in [6, 6.07) is 22.1. The number of hydrogen-bond donors (Lipinski definition) is 1. The number of anilines is 1. The zero-order valence-electron chi connectivity index (χ0n) is 12.8. The van der Waals surface area contributed by atoms with Crippen molar-refractivity contribution in [2.75, 3.05) is 5.43 Å². The highest BCUT2D eigenvalue weighted by atomic mass is 35.5. The van der Waals surface area contributed by atoms with Gasteiger partial charge < -0.3 is 0 Å². The van der Waals surface area contributed by atoms with Gasteiger partial charge in [-0.15, -0.1) is 0 Å². The third-order valence-electron chi connectivity index (χ3n) is 3.88. The van der Waals surface area contributed by atoms with E-state index in [1.54, 1.807) is 6.20 Å². The first-order chi connectivity index (χ1) is 11.8. The van der Waals surface area contributed by atoms with Crippen molar-refractivity contribution in [1.29, 1.82) is 0 Å². The van der Waals surface area contributed by atoms with Crippen molar-refractivity contribution in [1.82, 2.24) is 4.98 Å². The lowest BCUT2D eigenvalue weighted by Gasteiger charge is -2.05. The van der Waals surface area contributed by atoms with Crippen LogP contribution in [0, 0.1) is 0 Å². The smallest absolute Gasteiger partial charge is 0.0738 e. The molecule has 0 aliphatic carbocycles. The molecule has 4 rings (SSSR count). The quantitative estimate of drug-likeness (QED) is 0.398. The maximum atomic E-state index is 6.01. The Morgan fingerprint density at radius 1 is 0.917 bits per heavy atom. The van der Waals surface area contributed by atoms with Crippen molar-refractivity contribution in [3.63, 3.8) is 0 Å². The Balaban J connectivity index is 1.60. The molecule has 4 aromatic rings. The number of nitrogens with zero attached hydrogens (tertiary/aromatic N) is 2. The molecule has 0 fully saturated rings. The first-order valence-corrected chi connectivity index (χ1v) is 7.99. The van der Waals surface area contributed by atoms with Gasteiger partial charge in [-0.05, 0) is 46.7 Å². The molecule has 0 saturated heterocycles. The van der Waals surface area contributed by atoms with Crippen LogP contribution in [0.25, 0.3) is 21.7 Å². The number of hydrogen-bond acceptors (Lipinski definition) is 3. The Kier molecular flexibility index (Phi) is 3.85. The van der Waals surface area contributed by atoms with Crippen LogP contribution < -0.4 is 5.43 Å². The summed E-state index contributed by atoms with van der Waals surface area (Å²) in [5.41, 5.74) is 5.87. The lowest BCUT2D eigenvalue weighted by Crippen LogP contribution is -1.93. The number of hydrazone groups is 1. The van der Waals surface area contributed by atoms with E-state index in [2.05, 4.69) is 45.8 Å².